The molecule has 9 heteroatoms. The molecule has 8 nitrogen and oxygen atoms in total. The maximum atomic E-state index is 12.2. The summed E-state index contributed by atoms with van der Waals surface area (Å²) >= 11 is 5.76. The third-order valence-electron chi connectivity index (χ3n) is 3.50. The van der Waals surface area contributed by atoms with Gasteiger partial charge in [-0.25, -0.2) is 9.78 Å². The highest BCUT2D eigenvalue weighted by atomic mass is 35.5. The number of carbonyl (C=O) groups excluding carboxylic acids is 1. The van der Waals surface area contributed by atoms with Crippen LogP contribution < -0.4 is 5.32 Å². The number of hydrogen-bond donors (Lipinski definition) is 2. The van der Waals surface area contributed by atoms with Gasteiger partial charge in [0.2, 0.25) is 0 Å². The first-order valence-corrected chi connectivity index (χ1v) is 6.59. The predicted octanol–water partition coefficient (Wildman–Crippen LogP) is 1.77. The molecule has 1 amide bonds. The van der Waals surface area contributed by atoms with Crippen LogP contribution in [0.1, 0.15) is 36.0 Å². The molecule has 0 aromatic carbocycles. The van der Waals surface area contributed by atoms with Crippen LogP contribution >= 0.6 is 11.6 Å². The number of nitro groups is 1. The van der Waals surface area contributed by atoms with Crippen LogP contribution in [-0.2, 0) is 4.79 Å². The first kappa shape index (κ1) is 15.2. The fourth-order valence-corrected chi connectivity index (χ4v) is 2.54. The Hall–Kier alpha value is -2.22. The second kappa shape index (κ2) is 5.65. The summed E-state index contributed by atoms with van der Waals surface area (Å²) in [5, 5.41) is 22.2. The average Bonchev–Trinajstić information content (AvgIpc) is 2.88. The normalized spacial score (nSPS) is 16.4. The summed E-state index contributed by atoms with van der Waals surface area (Å²) in [7, 11) is 0. The van der Waals surface area contributed by atoms with Crippen molar-refractivity contribution in [2.75, 3.05) is 0 Å². The molecular weight excluding hydrogens is 302 g/mol. The molecular formula is C12H12ClN3O5. The first-order chi connectivity index (χ1) is 9.85. The van der Waals surface area contributed by atoms with Gasteiger partial charge in [0.1, 0.15) is 16.9 Å². The molecule has 0 radical (unpaired) electrons. The number of halogens is 1. The highest BCUT2D eigenvalue weighted by Crippen LogP contribution is 2.31. The number of carboxylic acids is 1. The van der Waals surface area contributed by atoms with E-state index < -0.39 is 22.3 Å². The molecule has 0 atom stereocenters. The van der Waals surface area contributed by atoms with Crippen LogP contribution in [0.25, 0.3) is 0 Å². The van der Waals surface area contributed by atoms with Crippen LogP contribution in [0.2, 0.25) is 5.15 Å². The Morgan fingerprint density at radius 3 is 2.57 bits per heavy atom. The van der Waals surface area contributed by atoms with E-state index in [1.54, 1.807) is 0 Å². The van der Waals surface area contributed by atoms with Crippen molar-refractivity contribution in [2.45, 2.75) is 31.2 Å². The first-order valence-electron chi connectivity index (χ1n) is 6.21. The Balaban J connectivity index is 2.30. The molecule has 1 aromatic heterocycles. The zero-order chi connectivity index (χ0) is 15.6. The van der Waals surface area contributed by atoms with Crippen LogP contribution in [0.3, 0.4) is 0 Å². The van der Waals surface area contributed by atoms with Gasteiger partial charge in [-0.1, -0.05) is 24.4 Å². The minimum absolute atomic E-state index is 0.210. The number of amides is 1. The second-order valence-electron chi connectivity index (χ2n) is 4.84. The van der Waals surface area contributed by atoms with Crippen molar-refractivity contribution in [1.29, 1.82) is 0 Å². The van der Waals surface area contributed by atoms with Gasteiger partial charge < -0.3 is 10.4 Å². The van der Waals surface area contributed by atoms with E-state index in [1.807, 2.05) is 0 Å². The Kier molecular flexibility index (Phi) is 4.08. The molecule has 1 heterocycles. The Labute approximate surface area is 124 Å². The number of rotatable bonds is 4. The molecule has 2 rings (SSSR count). The summed E-state index contributed by atoms with van der Waals surface area (Å²) < 4.78 is 0. The van der Waals surface area contributed by atoms with E-state index in [0.717, 1.165) is 12.3 Å². The number of aromatic nitrogens is 1. The summed E-state index contributed by atoms with van der Waals surface area (Å²) in [6.45, 7) is 0. The lowest BCUT2D eigenvalue weighted by atomic mass is 9.97. The highest BCUT2D eigenvalue weighted by Gasteiger charge is 2.43. The average molecular weight is 314 g/mol. The second-order valence-corrected chi connectivity index (χ2v) is 5.20. The van der Waals surface area contributed by atoms with E-state index in [0.29, 0.717) is 25.7 Å². The zero-order valence-electron chi connectivity index (χ0n) is 10.8. The van der Waals surface area contributed by atoms with Gasteiger partial charge in [-0.05, 0) is 12.8 Å². The highest BCUT2D eigenvalue weighted by molar-refractivity contribution is 6.32. The number of hydrogen-bond acceptors (Lipinski definition) is 5. The van der Waals surface area contributed by atoms with Crippen molar-refractivity contribution in [3.63, 3.8) is 0 Å². The standard InChI is InChI=1S/C12H12ClN3O5/c13-9-8(5-7(6-14-9)16(20)21)10(17)15-12(11(18)19)3-1-2-4-12/h5-6H,1-4H2,(H,15,17)(H,18,19). The SMILES string of the molecule is O=C(NC1(C(=O)O)CCCC1)c1cc([N+](=O)[O-])cnc1Cl. The molecule has 1 aliphatic carbocycles. The fraction of sp³-hybridized carbons (Fsp3) is 0.417. The lowest BCUT2D eigenvalue weighted by Crippen LogP contribution is -2.52. The molecule has 0 spiro atoms. The maximum Gasteiger partial charge on any atom is 0.329 e. The van der Waals surface area contributed by atoms with Crippen LogP contribution in [0.4, 0.5) is 5.69 Å². The molecule has 1 aromatic rings. The quantitative estimate of drug-likeness (QED) is 0.496. The van der Waals surface area contributed by atoms with Gasteiger partial charge in [0, 0.05) is 6.07 Å². The van der Waals surface area contributed by atoms with Crippen molar-refractivity contribution >= 4 is 29.2 Å². The third-order valence-corrected chi connectivity index (χ3v) is 3.80. The molecule has 21 heavy (non-hydrogen) atoms. The molecule has 0 saturated heterocycles. The van der Waals surface area contributed by atoms with Gasteiger partial charge in [-0.2, -0.15) is 0 Å². The van der Waals surface area contributed by atoms with Crippen molar-refractivity contribution < 1.29 is 19.6 Å². The van der Waals surface area contributed by atoms with Crippen molar-refractivity contribution in [1.82, 2.24) is 10.3 Å². The third kappa shape index (κ3) is 2.94. The predicted molar refractivity (Wildman–Crippen MR) is 72.2 cm³/mol. The Bertz CT molecular complexity index is 613. The number of carboxylic acid groups (broad SMARTS) is 1. The maximum absolute atomic E-state index is 12.2. The van der Waals surface area contributed by atoms with E-state index in [4.69, 9.17) is 11.6 Å². The Morgan fingerprint density at radius 1 is 1.43 bits per heavy atom. The molecule has 1 fully saturated rings. The molecule has 1 aliphatic rings. The van der Waals surface area contributed by atoms with E-state index in [-0.39, 0.29) is 16.4 Å². The smallest absolute Gasteiger partial charge is 0.329 e. The van der Waals surface area contributed by atoms with Crippen molar-refractivity contribution in [2.24, 2.45) is 0 Å². The molecule has 112 valence electrons. The van der Waals surface area contributed by atoms with E-state index in [9.17, 15) is 24.8 Å². The van der Waals surface area contributed by atoms with E-state index in [2.05, 4.69) is 10.3 Å². The molecule has 2 N–H and O–H groups in total. The van der Waals surface area contributed by atoms with E-state index >= 15 is 0 Å². The molecule has 1 saturated carbocycles. The number of nitrogens with zero attached hydrogens (tertiary/aromatic N) is 2. The van der Waals surface area contributed by atoms with Crippen LogP contribution in [-0.4, -0.2) is 32.4 Å². The summed E-state index contributed by atoms with van der Waals surface area (Å²) in [5.41, 5.74) is -1.94. The number of carbonyl (C=O) groups is 2. The van der Waals surface area contributed by atoms with Crippen LogP contribution in [0.5, 0.6) is 0 Å². The number of aliphatic carboxylic acids is 1. The largest absolute Gasteiger partial charge is 0.480 e. The zero-order valence-corrected chi connectivity index (χ0v) is 11.6. The summed E-state index contributed by atoms with van der Waals surface area (Å²) in [5.74, 6) is -1.90. The van der Waals surface area contributed by atoms with Gasteiger partial charge in [0.15, 0.2) is 0 Å². The lowest BCUT2D eigenvalue weighted by Gasteiger charge is -2.25. The molecule has 0 aliphatic heterocycles. The number of nitrogens with one attached hydrogen (secondary N) is 1. The van der Waals surface area contributed by atoms with Gasteiger partial charge >= 0.3 is 5.97 Å². The minimum atomic E-state index is -1.34. The number of pyridine rings is 1. The van der Waals surface area contributed by atoms with Gasteiger partial charge in [0.05, 0.1) is 10.5 Å². The van der Waals surface area contributed by atoms with Crippen molar-refractivity contribution in [3.05, 3.63) is 33.1 Å². The summed E-state index contributed by atoms with van der Waals surface area (Å²) in [6, 6.07) is 0.981. The Morgan fingerprint density at radius 2 is 2.05 bits per heavy atom. The molecule has 0 bridgehead atoms. The topological polar surface area (TPSA) is 122 Å². The van der Waals surface area contributed by atoms with Gasteiger partial charge in [-0.3, -0.25) is 14.9 Å². The molecule has 0 unspecified atom stereocenters. The van der Waals surface area contributed by atoms with E-state index in [1.165, 1.54) is 0 Å². The van der Waals surface area contributed by atoms with Gasteiger partial charge in [0.25, 0.3) is 11.6 Å². The summed E-state index contributed by atoms with van der Waals surface area (Å²) in [6.07, 6.45) is 2.94. The lowest BCUT2D eigenvalue weighted by molar-refractivity contribution is -0.385. The van der Waals surface area contributed by atoms with Crippen LogP contribution in [0, 0.1) is 10.1 Å². The monoisotopic (exact) mass is 313 g/mol. The summed E-state index contributed by atoms with van der Waals surface area (Å²) in [4.78, 5) is 37.1. The fourth-order valence-electron chi connectivity index (χ4n) is 2.35. The van der Waals surface area contributed by atoms with Crippen LogP contribution in [0.15, 0.2) is 12.3 Å². The minimum Gasteiger partial charge on any atom is -0.480 e. The van der Waals surface area contributed by atoms with Crippen molar-refractivity contribution in [3.8, 4) is 0 Å². The van der Waals surface area contributed by atoms with Gasteiger partial charge in [-0.15, -0.1) is 0 Å².